The SMILES string of the molecule is CC(=O)Nc1ccc(SCC(=O)Nc2ncc(Cl)cc2Cl)cc1. The van der Waals surface area contributed by atoms with Crippen molar-refractivity contribution in [1.82, 2.24) is 4.98 Å². The number of benzene rings is 1. The maximum atomic E-state index is 11.9. The molecule has 5 nitrogen and oxygen atoms in total. The van der Waals surface area contributed by atoms with E-state index in [4.69, 9.17) is 23.2 Å². The van der Waals surface area contributed by atoms with Gasteiger partial charge in [-0.25, -0.2) is 4.98 Å². The average Bonchev–Trinajstić information content (AvgIpc) is 2.49. The number of nitrogens with zero attached hydrogens (tertiary/aromatic N) is 1. The molecular formula is C15H13Cl2N3O2S. The van der Waals surface area contributed by atoms with Crippen LogP contribution in [0.1, 0.15) is 6.92 Å². The molecule has 2 rings (SSSR count). The molecule has 2 aromatic rings. The van der Waals surface area contributed by atoms with E-state index in [-0.39, 0.29) is 28.4 Å². The van der Waals surface area contributed by atoms with Crippen LogP contribution in [0.4, 0.5) is 11.5 Å². The molecule has 0 aliphatic rings. The van der Waals surface area contributed by atoms with Gasteiger partial charge in [0, 0.05) is 23.7 Å². The second kappa shape index (κ2) is 8.19. The van der Waals surface area contributed by atoms with Gasteiger partial charge in [-0.1, -0.05) is 23.2 Å². The largest absolute Gasteiger partial charge is 0.326 e. The Bertz CT molecular complexity index is 723. The van der Waals surface area contributed by atoms with E-state index in [1.807, 2.05) is 12.1 Å². The van der Waals surface area contributed by atoms with E-state index >= 15 is 0 Å². The molecule has 8 heteroatoms. The number of amides is 2. The predicted molar refractivity (Wildman–Crippen MR) is 94.4 cm³/mol. The van der Waals surface area contributed by atoms with Crippen LogP contribution in [0.3, 0.4) is 0 Å². The summed E-state index contributed by atoms with van der Waals surface area (Å²) in [5.41, 5.74) is 0.712. The molecule has 2 amide bonds. The van der Waals surface area contributed by atoms with E-state index < -0.39 is 0 Å². The minimum absolute atomic E-state index is 0.128. The van der Waals surface area contributed by atoms with Crippen LogP contribution in [0.15, 0.2) is 41.4 Å². The third kappa shape index (κ3) is 5.74. The lowest BCUT2D eigenvalue weighted by Crippen LogP contribution is -2.15. The van der Waals surface area contributed by atoms with Gasteiger partial charge in [0.1, 0.15) is 0 Å². The highest BCUT2D eigenvalue weighted by Crippen LogP contribution is 2.24. The molecule has 1 heterocycles. The molecule has 0 fully saturated rings. The van der Waals surface area contributed by atoms with Gasteiger partial charge < -0.3 is 10.6 Å². The Morgan fingerprint density at radius 1 is 1.17 bits per heavy atom. The number of pyridine rings is 1. The maximum absolute atomic E-state index is 11.9. The first-order valence-corrected chi connectivity index (χ1v) is 8.29. The monoisotopic (exact) mass is 369 g/mol. The van der Waals surface area contributed by atoms with Crippen LogP contribution < -0.4 is 10.6 Å². The quantitative estimate of drug-likeness (QED) is 0.778. The highest BCUT2D eigenvalue weighted by atomic mass is 35.5. The summed E-state index contributed by atoms with van der Waals surface area (Å²) in [7, 11) is 0. The highest BCUT2D eigenvalue weighted by Gasteiger charge is 2.08. The molecule has 120 valence electrons. The summed E-state index contributed by atoms with van der Waals surface area (Å²) < 4.78 is 0. The fourth-order valence-electron chi connectivity index (χ4n) is 1.66. The number of aromatic nitrogens is 1. The van der Waals surface area contributed by atoms with Crippen molar-refractivity contribution >= 4 is 58.3 Å². The maximum Gasteiger partial charge on any atom is 0.235 e. The molecule has 0 spiro atoms. The molecule has 0 unspecified atom stereocenters. The lowest BCUT2D eigenvalue weighted by atomic mass is 10.3. The number of rotatable bonds is 5. The summed E-state index contributed by atoms with van der Waals surface area (Å²) in [6.45, 7) is 1.45. The third-order valence-corrected chi connectivity index (χ3v) is 4.12. The molecule has 0 atom stereocenters. The number of anilines is 2. The van der Waals surface area contributed by atoms with Gasteiger partial charge in [0.25, 0.3) is 0 Å². The molecule has 0 bridgehead atoms. The van der Waals surface area contributed by atoms with Gasteiger partial charge in [0.15, 0.2) is 5.82 Å². The van der Waals surface area contributed by atoms with Crippen LogP contribution >= 0.6 is 35.0 Å². The number of hydrogen-bond acceptors (Lipinski definition) is 4. The zero-order chi connectivity index (χ0) is 16.8. The smallest absolute Gasteiger partial charge is 0.235 e. The van der Waals surface area contributed by atoms with Gasteiger partial charge in [0.05, 0.1) is 15.8 Å². The number of thioether (sulfide) groups is 1. The van der Waals surface area contributed by atoms with Crippen molar-refractivity contribution in [2.75, 3.05) is 16.4 Å². The van der Waals surface area contributed by atoms with E-state index in [1.165, 1.54) is 30.9 Å². The van der Waals surface area contributed by atoms with Crippen LogP contribution in [0, 0.1) is 0 Å². The molecule has 1 aromatic heterocycles. The van der Waals surface area contributed by atoms with Gasteiger partial charge >= 0.3 is 0 Å². The molecule has 0 saturated carbocycles. The van der Waals surface area contributed by atoms with E-state index in [9.17, 15) is 9.59 Å². The minimum atomic E-state index is -0.224. The van der Waals surface area contributed by atoms with Crippen LogP contribution in [0.2, 0.25) is 10.0 Å². The number of halogens is 2. The van der Waals surface area contributed by atoms with Crippen molar-refractivity contribution in [3.63, 3.8) is 0 Å². The van der Waals surface area contributed by atoms with Crippen LogP contribution in [-0.2, 0) is 9.59 Å². The Balaban J connectivity index is 1.87. The Kier molecular flexibility index (Phi) is 6.27. The second-order valence-corrected chi connectivity index (χ2v) is 6.42. The van der Waals surface area contributed by atoms with Gasteiger partial charge in [-0.15, -0.1) is 11.8 Å². The van der Waals surface area contributed by atoms with Crippen molar-refractivity contribution in [1.29, 1.82) is 0 Å². The summed E-state index contributed by atoms with van der Waals surface area (Å²) in [6, 6.07) is 8.73. The van der Waals surface area contributed by atoms with Gasteiger partial charge in [-0.2, -0.15) is 0 Å². The molecule has 0 saturated heterocycles. The third-order valence-electron chi connectivity index (χ3n) is 2.61. The zero-order valence-electron chi connectivity index (χ0n) is 12.1. The lowest BCUT2D eigenvalue weighted by molar-refractivity contribution is -0.114. The average molecular weight is 370 g/mol. The van der Waals surface area contributed by atoms with Crippen molar-refractivity contribution in [3.8, 4) is 0 Å². The van der Waals surface area contributed by atoms with Crippen LogP contribution in [0.5, 0.6) is 0 Å². The Morgan fingerprint density at radius 2 is 1.87 bits per heavy atom. The Hall–Kier alpha value is -1.76. The molecule has 23 heavy (non-hydrogen) atoms. The highest BCUT2D eigenvalue weighted by molar-refractivity contribution is 8.00. The molecular weight excluding hydrogens is 357 g/mol. The predicted octanol–water partition coefficient (Wildman–Crippen LogP) is 4.08. The first-order valence-electron chi connectivity index (χ1n) is 6.55. The lowest BCUT2D eigenvalue weighted by Gasteiger charge is -2.07. The number of carbonyl (C=O) groups excluding carboxylic acids is 2. The second-order valence-electron chi connectivity index (χ2n) is 4.53. The number of carbonyl (C=O) groups is 2. The molecule has 2 N–H and O–H groups in total. The van der Waals surface area contributed by atoms with Crippen LogP contribution in [0.25, 0.3) is 0 Å². The molecule has 0 aliphatic carbocycles. The fraction of sp³-hybridized carbons (Fsp3) is 0.133. The van der Waals surface area contributed by atoms with E-state index in [0.717, 1.165) is 4.90 Å². The summed E-state index contributed by atoms with van der Waals surface area (Å²) in [5.74, 6) is 0.137. The number of hydrogen-bond donors (Lipinski definition) is 2. The zero-order valence-corrected chi connectivity index (χ0v) is 14.4. The minimum Gasteiger partial charge on any atom is -0.326 e. The normalized spacial score (nSPS) is 10.2. The van der Waals surface area contributed by atoms with Crippen molar-refractivity contribution in [3.05, 3.63) is 46.6 Å². The molecule has 0 radical (unpaired) electrons. The summed E-state index contributed by atoms with van der Waals surface area (Å²) in [6.07, 6.45) is 1.41. The standard InChI is InChI=1S/C15H13Cl2N3O2S/c1-9(21)19-11-2-4-12(5-3-11)23-8-14(22)20-15-13(17)6-10(16)7-18-15/h2-7H,8H2,1H3,(H,19,21)(H,18,20,22). The molecule has 1 aromatic carbocycles. The number of nitrogens with one attached hydrogen (secondary N) is 2. The van der Waals surface area contributed by atoms with Crippen molar-refractivity contribution < 1.29 is 9.59 Å². The van der Waals surface area contributed by atoms with Crippen LogP contribution in [-0.4, -0.2) is 22.6 Å². The van der Waals surface area contributed by atoms with Gasteiger partial charge in [-0.3, -0.25) is 9.59 Å². The topological polar surface area (TPSA) is 71.1 Å². The molecule has 0 aliphatic heterocycles. The van der Waals surface area contributed by atoms with Crippen molar-refractivity contribution in [2.45, 2.75) is 11.8 Å². The van der Waals surface area contributed by atoms with E-state index in [2.05, 4.69) is 15.6 Å². The van der Waals surface area contributed by atoms with E-state index in [1.54, 1.807) is 12.1 Å². The first-order chi connectivity index (χ1) is 10.9. The summed E-state index contributed by atoms with van der Waals surface area (Å²) in [5, 5.41) is 6.00. The van der Waals surface area contributed by atoms with Crippen molar-refractivity contribution in [2.24, 2.45) is 0 Å². The summed E-state index contributed by atoms with van der Waals surface area (Å²) >= 11 is 13.1. The van der Waals surface area contributed by atoms with E-state index in [0.29, 0.717) is 10.7 Å². The summed E-state index contributed by atoms with van der Waals surface area (Å²) in [4.78, 5) is 27.7. The Labute approximate surface area is 147 Å². The van der Waals surface area contributed by atoms with Gasteiger partial charge in [-0.05, 0) is 30.3 Å². The van der Waals surface area contributed by atoms with Gasteiger partial charge in [0.2, 0.25) is 11.8 Å². The first kappa shape index (κ1) is 17.6. The Morgan fingerprint density at radius 3 is 2.48 bits per heavy atom. The fourth-order valence-corrected chi connectivity index (χ4v) is 2.79.